The minimum Gasteiger partial charge on any atom is -0.349 e. The fourth-order valence-electron chi connectivity index (χ4n) is 1.74. The maximum absolute atomic E-state index is 11.7. The molecule has 2 nitrogen and oxygen atoms in total. The molecule has 17 heavy (non-hydrogen) atoms. The van der Waals surface area contributed by atoms with Gasteiger partial charge in [0.05, 0.1) is 6.04 Å². The third-order valence-corrected chi connectivity index (χ3v) is 2.86. The highest BCUT2D eigenvalue weighted by Crippen LogP contribution is 2.19. The Hall–Kier alpha value is -1.02. The Bertz CT molecular complexity index is 359. The van der Waals surface area contributed by atoms with Crippen LogP contribution in [0.4, 0.5) is 0 Å². The summed E-state index contributed by atoms with van der Waals surface area (Å²) in [6.45, 7) is 6.15. The lowest BCUT2D eigenvalue weighted by atomic mass is 10.0. The second-order valence-electron chi connectivity index (χ2n) is 4.68. The molecule has 0 spiro atoms. The smallest absolute Gasteiger partial charge is 0.220 e. The molecule has 3 heteroatoms. The van der Waals surface area contributed by atoms with Crippen molar-refractivity contribution < 1.29 is 4.79 Å². The van der Waals surface area contributed by atoms with E-state index in [0.29, 0.717) is 12.3 Å². The van der Waals surface area contributed by atoms with E-state index in [1.54, 1.807) is 0 Å². The Morgan fingerprint density at radius 2 is 1.88 bits per heavy atom. The highest BCUT2D eigenvalue weighted by Gasteiger charge is 2.13. The van der Waals surface area contributed by atoms with Crippen molar-refractivity contribution in [2.24, 2.45) is 5.92 Å². The van der Waals surface area contributed by atoms with Gasteiger partial charge in [0, 0.05) is 11.4 Å². The van der Waals surface area contributed by atoms with Gasteiger partial charge in [-0.1, -0.05) is 44.5 Å². The molecule has 0 aliphatic carbocycles. The SMILES string of the molecule is CCC(NC(=O)CC(C)C)c1ccc(Cl)cc1. The second kappa shape index (κ2) is 6.65. The largest absolute Gasteiger partial charge is 0.349 e. The first kappa shape index (κ1) is 14.0. The van der Waals surface area contributed by atoms with Gasteiger partial charge in [0.25, 0.3) is 0 Å². The maximum atomic E-state index is 11.7. The van der Waals surface area contributed by atoms with Crippen molar-refractivity contribution in [2.75, 3.05) is 0 Å². The summed E-state index contributed by atoms with van der Waals surface area (Å²) in [7, 11) is 0. The zero-order valence-electron chi connectivity index (χ0n) is 10.7. The number of halogens is 1. The van der Waals surface area contributed by atoms with E-state index in [2.05, 4.69) is 12.2 Å². The predicted octanol–water partition coefficient (Wildman–Crippen LogP) is 3.95. The second-order valence-corrected chi connectivity index (χ2v) is 5.11. The number of hydrogen-bond acceptors (Lipinski definition) is 1. The summed E-state index contributed by atoms with van der Waals surface area (Å²) in [5.41, 5.74) is 1.11. The molecule has 0 fully saturated rings. The van der Waals surface area contributed by atoms with Crippen molar-refractivity contribution >= 4 is 17.5 Å². The summed E-state index contributed by atoms with van der Waals surface area (Å²) >= 11 is 5.85. The average molecular weight is 254 g/mol. The van der Waals surface area contributed by atoms with E-state index in [1.807, 2.05) is 38.1 Å². The Kier molecular flexibility index (Phi) is 5.49. The topological polar surface area (TPSA) is 29.1 Å². The first-order chi connectivity index (χ1) is 8.02. The molecular formula is C14H20ClNO. The molecule has 0 saturated carbocycles. The van der Waals surface area contributed by atoms with E-state index in [0.717, 1.165) is 17.0 Å². The standard InChI is InChI=1S/C14H20ClNO/c1-4-13(16-14(17)9-10(2)3)11-5-7-12(15)8-6-11/h5-8,10,13H,4,9H2,1-3H3,(H,16,17). The van der Waals surface area contributed by atoms with E-state index in [1.165, 1.54) is 0 Å². The van der Waals surface area contributed by atoms with Gasteiger partial charge in [0.1, 0.15) is 0 Å². The van der Waals surface area contributed by atoms with Gasteiger partial charge in [0.15, 0.2) is 0 Å². The third kappa shape index (κ3) is 4.78. The van der Waals surface area contributed by atoms with E-state index < -0.39 is 0 Å². The third-order valence-electron chi connectivity index (χ3n) is 2.61. The minimum absolute atomic E-state index is 0.0820. The molecule has 1 atom stereocenters. The lowest BCUT2D eigenvalue weighted by molar-refractivity contribution is -0.122. The molecule has 0 radical (unpaired) electrons. The lowest BCUT2D eigenvalue weighted by Gasteiger charge is -2.18. The fourth-order valence-corrected chi connectivity index (χ4v) is 1.87. The van der Waals surface area contributed by atoms with Gasteiger partial charge in [-0.3, -0.25) is 4.79 Å². The van der Waals surface area contributed by atoms with E-state index >= 15 is 0 Å². The predicted molar refractivity (Wildman–Crippen MR) is 72.1 cm³/mol. The number of rotatable bonds is 5. The van der Waals surface area contributed by atoms with Crippen LogP contribution in [0.3, 0.4) is 0 Å². The van der Waals surface area contributed by atoms with Gasteiger partial charge in [-0.2, -0.15) is 0 Å². The Morgan fingerprint density at radius 1 is 1.29 bits per heavy atom. The van der Waals surface area contributed by atoms with Crippen LogP contribution in [0.5, 0.6) is 0 Å². The number of amides is 1. The summed E-state index contributed by atoms with van der Waals surface area (Å²) in [4.78, 5) is 11.7. The Morgan fingerprint density at radius 3 is 2.35 bits per heavy atom. The highest BCUT2D eigenvalue weighted by atomic mass is 35.5. The summed E-state index contributed by atoms with van der Waals surface area (Å²) in [6, 6.07) is 7.72. The summed E-state index contributed by atoms with van der Waals surface area (Å²) < 4.78 is 0. The van der Waals surface area contributed by atoms with Crippen LogP contribution < -0.4 is 5.32 Å². The van der Waals surface area contributed by atoms with Crippen molar-refractivity contribution in [3.63, 3.8) is 0 Å². The molecule has 0 saturated heterocycles. The maximum Gasteiger partial charge on any atom is 0.220 e. The number of hydrogen-bond donors (Lipinski definition) is 1. The Labute approximate surface area is 108 Å². The van der Waals surface area contributed by atoms with Crippen molar-refractivity contribution in [1.82, 2.24) is 5.32 Å². The summed E-state index contributed by atoms with van der Waals surface area (Å²) in [6.07, 6.45) is 1.45. The van der Waals surface area contributed by atoms with Crippen LogP contribution in [0, 0.1) is 5.92 Å². The van der Waals surface area contributed by atoms with Gasteiger partial charge in [-0.15, -0.1) is 0 Å². The fraction of sp³-hybridized carbons (Fsp3) is 0.500. The van der Waals surface area contributed by atoms with Crippen LogP contribution in [0.1, 0.15) is 45.2 Å². The molecule has 0 aliphatic heterocycles. The van der Waals surface area contributed by atoms with Crippen LogP contribution in [0.25, 0.3) is 0 Å². The van der Waals surface area contributed by atoms with E-state index in [4.69, 9.17) is 11.6 Å². The molecule has 0 heterocycles. The number of benzene rings is 1. The first-order valence-electron chi connectivity index (χ1n) is 6.07. The Balaban J connectivity index is 2.65. The zero-order valence-corrected chi connectivity index (χ0v) is 11.4. The summed E-state index contributed by atoms with van der Waals surface area (Å²) in [5, 5.41) is 3.77. The molecule has 0 aromatic heterocycles. The molecule has 0 aliphatic rings. The van der Waals surface area contributed by atoms with Gasteiger partial charge >= 0.3 is 0 Å². The van der Waals surface area contributed by atoms with Crippen molar-refractivity contribution in [3.8, 4) is 0 Å². The molecule has 1 unspecified atom stereocenters. The van der Waals surface area contributed by atoms with Crippen LogP contribution >= 0.6 is 11.6 Å². The molecule has 1 rings (SSSR count). The van der Waals surface area contributed by atoms with Crippen LogP contribution in [0.2, 0.25) is 5.02 Å². The van der Waals surface area contributed by atoms with Crippen LogP contribution in [-0.2, 0) is 4.79 Å². The van der Waals surface area contributed by atoms with E-state index in [9.17, 15) is 4.79 Å². The molecule has 0 bridgehead atoms. The molecule has 94 valence electrons. The molecule has 1 N–H and O–H groups in total. The highest BCUT2D eigenvalue weighted by molar-refractivity contribution is 6.30. The van der Waals surface area contributed by atoms with Crippen LogP contribution in [0.15, 0.2) is 24.3 Å². The average Bonchev–Trinajstić information content (AvgIpc) is 2.26. The number of carbonyl (C=O) groups excluding carboxylic acids is 1. The van der Waals surface area contributed by atoms with Crippen LogP contribution in [-0.4, -0.2) is 5.91 Å². The zero-order chi connectivity index (χ0) is 12.8. The normalized spacial score (nSPS) is 12.5. The molecule has 1 aromatic carbocycles. The number of nitrogens with one attached hydrogen (secondary N) is 1. The molecular weight excluding hydrogens is 234 g/mol. The summed E-state index contributed by atoms with van der Waals surface area (Å²) in [5.74, 6) is 0.500. The van der Waals surface area contributed by atoms with Crippen molar-refractivity contribution in [1.29, 1.82) is 0 Å². The molecule has 1 aromatic rings. The van der Waals surface area contributed by atoms with Gasteiger partial charge < -0.3 is 5.32 Å². The number of carbonyl (C=O) groups is 1. The van der Waals surface area contributed by atoms with Crippen molar-refractivity contribution in [3.05, 3.63) is 34.9 Å². The molecule has 1 amide bonds. The van der Waals surface area contributed by atoms with Gasteiger partial charge in [-0.05, 0) is 30.0 Å². The monoisotopic (exact) mass is 253 g/mol. The van der Waals surface area contributed by atoms with Gasteiger partial charge in [-0.25, -0.2) is 0 Å². The lowest BCUT2D eigenvalue weighted by Crippen LogP contribution is -2.28. The van der Waals surface area contributed by atoms with E-state index in [-0.39, 0.29) is 11.9 Å². The quantitative estimate of drug-likeness (QED) is 0.846. The minimum atomic E-state index is 0.0820. The van der Waals surface area contributed by atoms with Gasteiger partial charge in [0.2, 0.25) is 5.91 Å². The first-order valence-corrected chi connectivity index (χ1v) is 6.45. The van der Waals surface area contributed by atoms with Crippen molar-refractivity contribution in [2.45, 2.75) is 39.7 Å².